The first-order valence-corrected chi connectivity index (χ1v) is 7.82. The quantitative estimate of drug-likeness (QED) is 0.576. The van der Waals surface area contributed by atoms with Crippen molar-refractivity contribution in [2.45, 2.75) is 6.42 Å². The van der Waals surface area contributed by atoms with Gasteiger partial charge >= 0.3 is 5.97 Å². The van der Waals surface area contributed by atoms with Crippen LogP contribution in [0.1, 0.15) is 22.3 Å². The van der Waals surface area contributed by atoms with Crippen molar-refractivity contribution in [2.24, 2.45) is 0 Å². The molecule has 0 bridgehead atoms. The van der Waals surface area contributed by atoms with E-state index in [1.165, 1.54) is 27.4 Å². The Bertz CT molecular complexity index is 824. The van der Waals surface area contributed by atoms with Crippen molar-refractivity contribution in [3.05, 3.63) is 59.2 Å². The average molecular weight is 356 g/mol. The predicted molar refractivity (Wildman–Crippen MR) is 97.1 cm³/mol. The van der Waals surface area contributed by atoms with E-state index in [1.807, 2.05) is 0 Å². The molecule has 6 nitrogen and oxygen atoms in total. The van der Waals surface area contributed by atoms with E-state index in [4.69, 9.17) is 14.2 Å². The number of carbonyl (C=O) groups excluding carboxylic acids is 1. The van der Waals surface area contributed by atoms with E-state index in [9.17, 15) is 14.7 Å². The maximum Gasteiger partial charge on any atom is 0.307 e. The number of Topliss-reactive ketones (excluding diaryl/α,β-unsaturated/α-hetero) is 1. The van der Waals surface area contributed by atoms with Crippen LogP contribution in [0.5, 0.6) is 17.2 Å². The number of carboxylic acids is 1. The van der Waals surface area contributed by atoms with Crippen molar-refractivity contribution < 1.29 is 28.9 Å². The van der Waals surface area contributed by atoms with Crippen molar-refractivity contribution >= 4 is 17.8 Å². The predicted octanol–water partition coefficient (Wildman–Crippen LogP) is 3.45. The van der Waals surface area contributed by atoms with Crippen LogP contribution in [0.15, 0.2) is 48.0 Å². The maximum atomic E-state index is 12.7. The van der Waals surface area contributed by atoms with Gasteiger partial charge in [0.15, 0.2) is 17.3 Å². The third kappa shape index (κ3) is 4.22. The summed E-state index contributed by atoms with van der Waals surface area (Å²) in [6.07, 6.45) is 1.09. The summed E-state index contributed by atoms with van der Waals surface area (Å²) < 4.78 is 16.0. The normalized spacial score (nSPS) is 11.0. The van der Waals surface area contributed by atoms with Gasteiger partial charge in [-0.2, -0.15) is 0 Å². The fourth-order valence-corrected chi connectivity index (χ4v) is 2.56. The van der Waals surface area contributed by atoms with Crippen LogP contribution >= 0.6 is 0 Å². The Hall–Kier alpha value is -3.28. The number of hydrogen-bond acceptors (Lipinski definition) is 5. The van der Waals surface area contributed by atoms with Crippen molar-refractivity contribution in [3.8, 4) is 17.2 Å². The maximum absolute atomic E-state index is 12.7. The van der Waals surface area contributed by atoms with Crippen LogP contribution in [0.25, 0.3) is 6.08 Å². The van der Waals surface area contributed by atoms with Gasteiger partial charge in [-0.25, -0.2) is 0 Å². The molecule has 0 aliphatic heterocycles. The Balaban J connectivity index is 2.57. The highest BCUT2D eigenvalue weighted by Crippen LogP contribution is 2.40. The number of rotatable bonds is 8. The van der Waals surface area contributed by atoms with Gasteiger partial charge in [-0.1, -0.05) is 30.3 Å². The fraction of sp³-hybridized carbons (Fsp3) is 0.200. The number of ether oxygens (including phenoxy) is 3. The lowest BCUT2D eigenvalue weighted by atomic mass is 9.98. The summed E-state index contributed by atoms with van der Waals surface area (Å²) in [6, 6.07) is 11.9. The monoisotopic (exact) mass is 356 g/mol. The molecule has 1 N–H and O–H groups in total. The zero-order valence-electron chi connectivity index (χ0n) is 14.8. The molecule has 0 radical (unpaired) electrons. The molecule has 2 rings (SSSR count). The lowest BCUT2D eigenvalue weighted by Gasteiger charge is -2.15. The van der Waals surface area contributed by atoms with Gasteiger partial charge in [0, 0.05) is 16.7 Å². The van der Waals surface area contributed by atoms with Gasteiger partial charge in [0.2, 0.25) is 5.75 Å². The van der Waals surface area contributed by atoms with E-state index in [0.717, 1.165) is 0 Å². The van der Waals surface area contributed by atoms with Gasteiger partial charge in [-0.05, 0) is 18.2 Å². The van der Waals surface area contributed by atoms with Crippen LogP contribution in [-0.2, 0) is 4.79 Å². The molecule has 0 aliphatic carbocycles. The van der Waals surface area contributed by atoms with Crippen molar-refractivity contribution in [1.82, 2.24) is 0 Å². The van der Waals surface area contributed by atoms with Gasteiger partial charge in [-0.15, -0.1) is 0 Å². The number of carbonyl (C=O) groups is 2. The number of benzene rings is 2. The highest BCUT2D eigenvalue weighted by atomic mass is 16.5. The van der Waals surface area contributed by atoms with Gasteiger partial charge < -0.3 is 19.3 Å². The SMILES string of the molecule is COc1ccc(/C=C(\CC(=O)O)C(=O)c2ccccc2)c(OC)c1OC. The lowest BCUT2D eigenvalue weighted by Crippen LogP contribution is -2.08. The molecule has 0 fully saturated rings. The third-order valence-electron chi connectivity index (χ3n) is 3.73. The van der Waals surface area contributed by atoms with Gasteiger partial charge in [0.25, 0.3) is 0 Å². The average Bonchev–Trinajstić information content (AvgIpc) is 2.66. The molecule has 0 aliphatic rings. The third-order valence-corrected chi connectivity index (χ3v) is 3.73. The Labute approximate surface area is 151 Å². The van der Waals surface area contributed by atoms with E-state index in [2.05, 4.69) is 0 Å². The molecule has 2 aromatic rings. The fourth-order valence-electron chi connectivity index (χ4n) is 2.56. The summed E-state index contributed by atoms with van der Waals surface area (Å²) in [5, 5.41) is 9.20. The zero-order chi connectivity index (χ0) is 19.1. The molecular weight excluding hydrogens is 336 g/mol. The summed E-state index contributed by atoms with van der Waals surface area (Å²) in [4.78, 5) is 24.0. The van der Waals surface area contributed by atoms with Crippen molar-refractivity contribution in [3.63, 3.8) is 0 Å². The number of aliphatic carboxylic acids is 1. The summed E-state index contributed by atoms with van der Waals surface area (Å²) in [7, 11) is 4.44. The summed E-state index contributed by atoms with van der Waals surface area (Å²) in [5.74, 6) is -0.262. The van der Waals surface area contributed by atoms with E-state index >= 15 is 0 Å². The first-order valence-electron chi connectivity index (χ1n) is 7.82. The minimum Gasteiger partial charge on any atom is -0.493 e. The van der Waals surface area contributed by atoms with Gasteiger partial charge in [-0.3, -0.25) is 9.59 Å². The summed E-state index contributed by atoms with van der Waals surface area (Å²) in [6.45, 7) is 0. The first kappa shape index (κ1) is 19.1. The largest absolute Gasteiger partial charge is 0.493 e. The first-order chi connectivity index (χ1) is 12.5. The van der Waals surface area contributed by atoms with E-state index in [1.54, 1.807) is 42.5 Å². The highest BCUT2D eigenvalue weighted by Gasteiger charge is 2.19. The van der Waals surface area contributed by atoms with Crippen LogP contribution in [0, 0.1) is 0 Å². The second kappa shape index (κ2) is 8.71. The second-order valence-electron chi connectivity index (χ2n) is 5.36. The minimum absolute atomic E-state index is 0.134. The number of methoxy groups -OCH3 is 3. The Morgan fingerprint density at radius 2 is 1.58 bits per heavy atom. The molecule has 0 atom stereocenters. The van der Waals surface area contributed by atoms with Crippen LogP contribution in [0.2, 0.25) is 0 Å². The summed E-state index contributed by atoms with van der Waals surface area (Å²) in [5.41, 5.74) is 1.07. The lowest BCUT2D eigenvalue weighted by molar-refractivity contribution is -0.136. The molecule has 26 heavy (non-hydrogen) atoms. The van der Waals surface area contributed by atoms with E-state index < -0.39 is 12.4 Å². The van der Waals surface area contributed by atoms with Crippen molar-refractivity contribution in [2.75, 3.05) is 21.3 Å². The molecule has 136 valence electrons. The van der Waals surface area contributed by atoms with Crippen LogP contribution in [0.3, 0.4) is 0 Å². The molecule has 0 unspecified atom stereocenters. The molecule has 0 saturated heterocycles. The van der Waals surface area contributed by atoms with Gasteiger partial charge in [0.05, 0.1) is 27.8 Å². The van der Waals surface area contributed by atoms with E-state index in [0.29, 0.717) is 28.4 Å². The van der Waals surface area contributed by atoms with Gasteiger partial charge in [0.1, 0.15) is 0 Å². The number of ketones is 1. The van der Waals surface area contributed by atoms with Crippen molar-refractivity contribution in [1.29, 1.82) is 0 Å². The van der Waals surface area contributed by atoms with E-state index in [-0.39, 0.29) is 11.4 Å². The molecule has 0 amide bonds. The topological polar surface area (TPSA) is 82.1 Å². The molecule has 0 saturated carbocycles. The smallest absolute Gasteiger partial charge is 0.307 e. The van der Waals surface area contributed by atoms with Crippen LogP contribution in [-0.4, -0.2) is 38.2 Å². The van der Waals surface area contributed by atoms with Crippen LogP contribution in [0.4, 0.5) is 0 Å². The Morgan fingerprint density at radius 3 is 2.12 bits per heavy atom. The highest BCUT2D eigenvalue weighted by molar-refractivity contribution is 6.13. The summed E-state index contributed by atoms with van der Waals surface area (Å²) >= 11 is 0. The Morgan fingerprint density at radius 1 is 0.923 bits per heavy atom. The molecule has 0 heterocycles. The molecular formula is C20H20O6. The Kier molecular flexibility index (Phi) is 6.38. The standard InChI is InChI=1S/C20H20O6/c1-24-16-10-9-14(19(25-2)20(16)26-3)11-15(12-17(21)22)18(23)13-7-5-4-6-8-13/h4-11H,12H2,1-3H3,(H,21,22)/b15-11+. The minimum atomic E-state index is -1.10. The van der Waals surface area contributed by atoms with Crippen LogP contribution < -0.4 is 14.2 Å². The second-order valence-corrected chi connectivity index (χ2v) is 5.36. The molecule has 0 aromatic heterocycles. The molecule has 0 spiro atoms. The number of hydrogen-bond donors (Lipinski definition) is 1. The zero-order valence-corrected chi connectivity index (χ0v) is 14.8. The molecule has 2 aromatic carbocycles. The number of carboxylic acid groups (broad SMARTS) is 1. The molecule has 6 heteroatoms.